The molecule has 4 rings (SSSR count). The van der Waals surface area contributed by atoms with Crippen molar-refractivity contribution in [1.82, 2.24) is 14.7 Å². The van der Waals surface area contributed by atoms with Crippen molar-refractivity contribution in [2.45, 2.75) is 19.1 Å². The first kappa shape index (κ1) is 13.9. The molecule has 2 aromatic heterocycles. The van der Waals surface area contributed by atoms with Crippen molar-refractivity contribution in [3.8, 4) is 11.1 Å². The fourth-order valence-corrected chi connectivity index (χ4v) is 3.77. The van der Waals surface area contributed by atoms with Crippen LogP contribution in [0.25, 0.3) is 22.0 Å². The molecule has 0 bridgehead atoms. The molecule has 3 aromatic rings. The molecule has 0 aliphatic carbocycles. The van der Waals surface area contributed by atoms with Gasteiger partial charge in [0, 0.05) is 25.0 Å². The van der Waals surface area contributed by atoms with E-state index in [1.54, 1.807) is 11.3 Å². The molecule has 1 unspecified atom stereocenters. The van der Waals surface area contributed by atoms with Crippen LogP contribution in [0, 0.1) is 0 Å². The van der Waals surface area contributed by atoms with Crippen molar-refractivity contribution in [2.24, 2.45) is 0 Å². The van der Waals surface area contributed by atoms with Crippen molar-refractivity contribution in [3.05, 3.63) is 41.2 Å². The summed E-state index contributed by atoms with van der Waals surface area (Å²) in [6.45, 7) is 3.58. The van der Waals surface area contributed by atoms with E-state index in [0.717, 1.165) is 32.6 Å². The average Bonchev–Trinajstić information content (AvgIpc) is 3.25. The van der Waals surface area contributed by atoms with E-state index >= 15 is 0 Å². The van der Waals surface area contributed by atoms with Crippen LogP contribution in [-0.2, 0) is 6.54 Å². The molecule has 0 radical (unpaired) electrons. The quantitative estimate of drug-likeness (QED) is 0.805. The van der Waals surface area contributed by atoms with Crippen molar-refractivity contribution in [3.63, 3.8) is 0 Å². The van der Waals surface area contributed by atoms with Crippen molar-refractivity contribution in [2.75, 3.05) is 19.6 Å². The number of β-amino-alcohol motifs (C(OH)–C–C–N with tert-alkyl or cyclic N) is 1. The molecular weight excluding hydrogens is 294 g/mol. The first-order chi connectivity index (χ1) is 10.8. The molecule has 3 heterocycles. The van der Waals surface area contributed by atoms with Gasteiger partial charge in [0.05, 0.1) is 24.4 Å². The van der Waals surface area contributed by atoms with Gasteiger partial charge >= 0.3 is 0 Å². The summed E-state index contributed by atoms with van der Waals surface area (Å²) in [6, 6.07) is 8.68. The summed E-state index contributed by atoms with van der Waals surface area (Å²) in [6.07, 6.45) is 2.67. The zero-order valence-corrected chi connectivity index (χ0v) is 13.2. The van der Waals surface area contributed by atoms with Crippen LogP contribution in [0.2, 0.25) is 0 Å². The Balaban J connectivity index is 1.57. The standard InChI is InChI=1S/C17H19N3OS/c21-16-3-5-19(11-16)6-7-20-17-9-13(15-4-8-22-12-15)1-2-14(17)10-18-20/h1-2,4,8-10,12,16,21H,3,5-7,11H2. The summed E-state index contributed by atoms with van der Waals surface area (Å²) in [5, 5.41) is 19.6. The van der Waals surface area contributed by atoms with E-state index in [2.05, 4.69) is 49.7 Å². The van der Waals surface area contributed by atoms with Crippen molar-refractivity contribution < 1.29 is 5.11 Å². The molecule has 0 saturated carbocycles. The number of aliphatic hydroxyl groups is 1. The first-order valence-corrected chi connectivity index (χ1v) is 8.62. The van der Waals surface area contributed by atoms with E-state index < -0.39 is 0 Å². The number of hydrogen-bond donors (Lipinski definition) is 1. The molecule has 1 aliphatic rings. The molecular formula is C17H19N3OS. The summed E-state index contributed by atoms with van der Waals surface area (Å²) in [7, 11) is 0. The highest BCUT2D eigenvalue weighted by Crippen LogP contribution is 2.26. The lowest BCUT2D eigenvalue weighted by Crippen LogP contribution is -2.26. The Morgan fingerprint density at radius 3 is 2.95 bits per heavy atom. The molecule has 1 aromatic carbocycles. The summed E-state index contributed by atoms with van der Waals surface area (Å²) >= 11 is 1.72. The molecule has 5 heteroatoms. The second kappa shape index (κ2) is 5.83. The summed E-state index contributed by atoms with van der Waals surface area (Å²) in [5.74, 6) is 0. The Morgan fingerprint density at radius 2 is 2.18 bits per heavy atom. The van der Waals surface area contributed by atoms with Gasteiger partial charge < -0.3 is 5.11 Å². The third-order valence-electron chi connectivity index (χ3n) is 4.37. The number of hydrogen-bond acceptors (Lipinski definition) is 4. The number of likely N-dealkylation sites (tertiary alicyclic amines) is 1. The molecule has 0 spiro atoms. The van der Waals surface area contributed by atoms with Gasteiger partial charge in [-0.05, 0) is 40.4 Å². The monoisotopic (exact) mass is 313 g/mol. The maximum Gasteiger partial charge on any atom is 0.0689 e. The van der Waals surface area contributed by atoms with Gasteiger partial charge in [-0.3, -0.25) is 9.58 Å². The van der Waals surface area contributed by atoms with Crippen molar-refractivity contribution in [1.29, 1.82) is 0 Å². The van der Waals surface area contributed by atoms with Crippen LogP contribution in [0.4, 0.5) is 0 Å². The van der Waals surface area contributed by atoms with Crippen LogP contribution in [0.15, 0.2) is 41.2 Å². The van der Waals surface area contributed by atoms with Crippen LogP contribution in [0.1, 0.15) is 6.42 Å². The van der Waals surface area contributed by atoms with Gasteiger partial charge in [0.15, 0.2) is 0 Å². The predicted octanol–water partition coefficient (Wildman–Crippen LogP) is 2.83. The zero-order valence-electron chi connectivity index (χ0n) is 12.4. The summed E-state index contributed by atoms with van der Waals surface area (Å²) in [5.41, 5.74) is 3.69. The molecule has 1 aliphatic heterocycles. The lowest BCUT2D eigenvalue weighted by atomic mass is 10.1. The summed E-state index contributed by atoms with van der Waals surface area (Å²) in [4.78, 5) is 2.31. The lowest BCUT2D eigenvalue weighted by molar-refractivity contribution is 0.175. The third kappa shape index (κ3) is 2.67. The topological polar surface area (TPSA) is 41.3 Å². The molecule has 0 amide bonds. The van der Waals surface area contributed by atoms with E-state index in [-0.39, 0.29) is 6.10 Å². The van der Waals surface area contributed by atoms with Gasteiger partial charge in [0.25, 0.3) is 0 Å². The molecule has 22 heavy (non-hydrogen) atoms. The number of aliphatic hydroxyl groups excluding tert-OH is 1. The molecule has 1 N–H and O–H groups in total. The van der Waals surface area contributed by atoms with Gasteiger partial charge in [0.1, 0.15) is 0 Å². The molecule has 4 nitrogen and oxygen atoms in total. The number of nitrogens with zero attached hydrogens (tertiary/aromatic N) is 3. The van der Waals surface area contributed by atoms with Gasteiger partial charge in [-0.2, -0.15) is 16.4 Å². The highest BCUT2D eigenvalue weighted by molar-refractivity contribution is 7.08. The number of aromatic nitrogens is 2. The van der Waals surface area contributed by atoms with Crippen molar-refractivity contribution >= 4 is 22.2 Å². The second-order valence-electron chi connectivity index (χ2n) is 5.90. The average molecular weight is 313 g/mol. The first-order valence-electron chi connectivity index (χ1n) is 7.68. The summed E-state index contributed by atoms with van der Waals surface area (Å²) < 4.78 is 2.08. The third-order valence-corrected chi connectivity index (χ3v) is 5.06. The largest absolute Gasteiger partial charge is 0.392 e. The predicted molar refractivity (Wildman–Crippen MR) is 90.1 cm³/mol. The fraction of sp³-hybridized carbons (Fsp3) is 0.353. The van der Waals surface area contributed by atoms with Crippen LogP contribution in [-0.4, -0.2) is 45.5 Å². The number of thiophene rings is 1. The smallest absolute Gasteiger partial charge is 0.0689 e. The van der Waals surface area contributed by atoms with E-state index in [1.807, 2.05) is 6.20 Å². The highest BCUT2D eigenvalue weighted by Gasteiger charge is 2.19. The van der Waals surface area contributed by atoms with Crippen LogP contribution >= 0.6 is 11.3 Å². The fourth-order valence-electron chi connectivity index (χ4n) is 3.11. The van der Waals surface area contributed by atoms with E-state index in [0.29, 0.717) is 0 Å². The lowest BCUT2D eigenvalue weighted by Gasteiger charge is -2.15. The molecule has 1 fully saturated rings. The number of rotatable bonds is 4. The highest BCUT2D eigenvalue weighted by atomic mass is 32.1. The normalized spacial score (nSPS) is 19.2. The Bertz CT molecular complexity index is 765. The van der Waals surface area contributed by atoms with E-state index in [9.17, 15) is 5.11 Å². The number of fused-ring (bicyclic) bond motifs is 1. The Hall–Kier alpha value is -1.69. The van der Waals surface area contributed by atoms with Gasteiger partial charge in [-0.15, -0.1) is 0 Å². The van der Waals surface area contributed by atoms with Crippen LogP contribution in [0.3, 0.4) is 0 Å². The number of benzene rings is 1. The second-order valence-corrected chi connectivity index (χ2v) is 6.68. The molecule has 1 saturated heterocycles. The van der Waals surface area contributed by atoms with Gasteiger partial charge in [0.2, 0.25) is 0 Å². The Morgan fingerprint density at radius 1 is 1.23 bits per heavy atom. The van der Waals surface area contributed by atoms with E-state index in [4.69, 9.17) is 0 Å². The van der Waals surface area contributed by atoms with E-state index in [1.165, 1.54) is 22.0 Å². The minimum Gasteiger partial charge on any atom is -0.392 e. The zero-order chi connectivity index (χ0) is 14.9. The SMILES string of the molecule is OC1CCN(CCn2ncc3ccc(-c4ccsc4)cc32)C1. The van der Waals surface area contributed by atoms with Gasteiger partial charge in [-0.1, -0.05) is 12.1 Å². The van der Waals surface area contributed by atoms with Gasteiger partial charge in [-0.25, -0.2) is 0 Å². The minimum absolute atomic E-state index is 0.153. The Labute approximate surface area is 133 Å². The van der Waals surface area contributed by atoms with Crippen LogP contribution < -0.4 is 0 Å². The maximum atomic E-state index is 9.61. The minimum atomic E-state index is -0.153. The Kier molecular flexibility index (Phi) is 3.70. The molecule has 114 valence electrons. The maximum absolute atomic E-state index is 9.61. The van der Waals surface area contributed by atoms with Crippen LogP contribution in [0.5, 0.6) is 0 Å². The molecule has 1 atom stereocenters.